The molecule has 1 fully saturated rings. The maximum absolute atomic E-state index is 9.85. The highest BCUT2D eigenvalue weighted by atomic mass is 16.3. The van der Waals surface area contributed by atoms with Crippen LogP contribution >= 0.6 is 0 Å². The fourth-order valence-electron chi connectivity index (χ4n) is 4.27. The molecule has 4 N–H and O–H groups in total. The summed E-state index contributed by atoms with van der Waals surface area (Å²) in [6, 6.07) is 18.6. The van der Waals surface area contributed by atoms with Gasteiger partial charge < -0.3 is 20.5 Å². The SMILES string of the molecule is C[C@H](O)c1nccn1[C@@H](/C=C/c1ccc(-c2ccc(C3CC(N)(C#N)C3)cc2)cc1)CO. The van der Waals surface area contributed by atoms with Gasteiger partial charge in [0.25, 0.3) is 0 Å². The lowest BCUT2D eigenvalue weighted by Crippen LogP contribution is -2.49. The summed E-state index contributed by atoms with van der Waals surface area (Å²) in [4.78, 5) is 4.17. The summed E-state index contributed by atoms with van der Waals surface area (Å²) >= 11 is 0. The third kappa shape index (κ3) is 4.51. The van der Waals surface area contributed by atoms with E-state index in [9.17, 15) is 10.2 Å². The summed E-state index contributed by atoms with van der Waals surface area (Å²) in [5, 5.41) is 28.7. The predicted octanol–water partition coefficient (Wildman–Crippen LogP) is 3.95. The Kier molecular flexibility index (Phi) is 6.24. The number of nitrogens with zero attached hydrogens (tertiary/aromatic N) is 3. The first-order chi connectivity index (χ1) is 15.4. The lowest BCUT2D eigenvalue weighted by molar-refractivity contribution is 0.175. The Morgan fingerprint density at radius 2 is 1.81 bits per heavy atom. The van der Waals surface area contributed by atoms with Crippen LogP contribution in [0.15, 0.2) is 67.0 Å². The number of nitriles is 1. The first kappa shape index (κ1) is 22.0. The molecule has 1 heterocycles. The first-order valence-corrected chi connectivity index (χ1v) is 10.8. The van der Waals surface area contributed by atoms with Crippen molar-refractivity contribution in [3.05, 3.63) is 84.0 Å². The lowest BCUT2D eigenvalue weighted by Gasteiger charge is -2.39. The molecule has 0 aliphatic heterocycles. The van der Waals surface area contributed by atoms with Crippen LogP contribution in [-0.2, 0) is 0 Å². The number of benzene rings is 2. The van der Waals surface area contributed by atoms with Crippen molar-refractivity contribution in [3.8, 4) is 17.2 Å². The Labute approximate surface area is 188 Å². The van der Waals surface area contributed by atoms with Crippen LogP contribution in [0.2, 0.25) is 0 Å². The largest absolute Gasteiger partial charge is 0.394 e. The molecule has 3 aromatic rings. The molecule has 6 heteroatoms. The highest BCUT2D eigenvalue weighted by molar-refractivity contribution is 5.66. The minimum absolute atomic E-state index is 0.0857. The van der Waals surface area contributed by atoms with Crippen LogP contribution in [-0.4, -0.2) is 31.9 Å². The van der Waals surface area contributed by atoms with E-state index >= 15 is 0 Å². The number of rotatable bonds is 7. The Morgan fingerprint density at radius 3 is 2.38 bits per heavy atom. The second-order valence-electron chi connectivity index (χ2n) is 8.59. The van der Waals surface area contributed by atoms with Gasteiger partial charge in [-0.2, -0.15) is 5.26 Å². The first-order valence-electron chi connectivity index (χ1n) is 10.8. The van der Waals surface area contributed by atoms with Gasteiger partial charge in [-0.3, -0.25) is 0 Å². The average molecular weight is 429 g/mol. The van der Waals surface area contributed by atoms with Crippen LogP contribution in [0.25, 0.3) is 17.2 Å². The molecule has 4 rings (SSSR count). The molecular weight excluding hydrogens is 400 g/mol. The zero-order valence-electron chi connectivity index (χ0n) is 18.1. The van der Waals surface area contributed by atoms with E-state index in [-0.39, 0.29) is 12.6 Å². The van der Waals surface area contributed by atoms with Crippen LogP contribution in [0.1, 0.15) is 54.8 Å². The molecule has 0 saturated heterocycles. The molecule has 1 aromatic heterocycles. The van der Waals surface area contributed by atoms with Gasteiger partial charge in [0.1, 0.15) is 17.5 Å². The van der Waals surface area contributed by atoms with E-state index < -0.39 is 11.6 Å². The van der Waals surface area contributed by atoms with E-state index in [2.05, 4.69) is 47.5 Å². The van der Waals surface area contributed by atoms with Crippen molar-refractivity contribution in [1.82, 2.24) is 9.55 Å². The van der Waals surface area contributed by atoms with Crippen molar-refractivity contribution in [1.29, 1.82) is 5.26 Å². The van der Waals surface area contributed by atoms with Crippen molar-refractivity contribution in [2.45, 2.75) is 43.4 Å². The topological polar surface area (TPSA) is 108 Å². The molecule has 32 heavy (non-hydrogen) atoms. The Morgan fingerprint density at radius 1 is 1.19 bits per heavy atom. The Bertz CT molecular complexity index is 1120. The molecule has 0 bridgehead atoms. The van der Waals surface area contributed by atoms with Gasteiger partial charge in [0.2, 0.25) is 0 Å². The molecule has 2 atom stereocenters. The smallest absolute Gasteiger partial charge is 0.137 e. The fourth-order valence-corrected chi connectivity index (χ4v) is 4.27. The molecule has 1 aliphatic carbocycles. The van der Waals surface area contributed by atoms with E-state index in [1.165, 1.54) is 5.56 Å². The Balaban J connectivity index is 1.43. The van der Waals surface area contributed by atoms with Crippen LogP contribution < -0.4 is 5.73 Å². The fraction of sp³-hybridized carbons (Fsp3) is 0.308. The molecule has 2 aromatic carbocycles. The van der Waals surface area contributed by atoms with Gasteiger partial charge in [0, 0.05) is 12.4 Å². The summed E-state index contributed by atoms with van der Waals surface area (Å²) in [6.07, 6.45) is 8.00. The molecule has 1 aliphatic rings. The van der Waals surface area contributed by atoms with Gasteiger partial charge in [0.05, 0.1) is 18.7 Å². The third-order valence-corrected chi connectivity index (χ3v) is 6.20. The quantitative estimate of drug-likeness (QED) is 0.528. The minimum Gasteiger partial charge on any atom is -0.394 e. The van der Waals surface area contributed by atoms with Gasteiger partial charge in [-0.15, -0.1) is 0 Å². The highest BCUT2D eigenvalue weighted by Gasteiger charge is 2.41. The van der Waals surface area contributed by atoms with Gasteiger partial charge in [0.15, 0.2) is 0 Å². The molecule has 0 unspecified atom stereocenters. The summed E-state index contributed by atoms with van der Waals surface area (Å²) < 4.78 is 1.78. The van der Waals surface area contributed by atoms with E-state index in [1.54, 1.807) is 23.9 Å². The average Bonchev–Trinajstić information content (AvgIpc) is 3.28. The number of aliphatic hydroxyl groups excluding tert-OH is 2. The number of hydrogen-bond donors (Lipinski definition) is 3. The van der Waals surface area contributed by atoms with Crippen LogP contribution in [0, 0.1) is 11.3 Å². The summed E-state index contributed by atoms with van der Waals surface area (Å²) in [7, 11) is 0. The second kappa shape index (κ2) is 9.09. The molecule has 6 nitrogen and oxygen atoms in total. The standard InChI is InChI=1S/C26H28N4O2/c1-18(32)25-29-12-13-30(25)24(16-31)11-4-19-2-5-20(6-3-19)21-7-9-22(10-8-21)23-14-26(28,15-23)17-27/h2-13,18,23-24,31-32H,14-16,28H2,1H3/b11-4+/t18-,23?,24-,26?/m0/s1. The maximum atomic E-state index is 9.85. The number of hydrogen-bond acceptors (Lipinski definition) is 5. The number of imidazole rings is 1. The maximum Gasteiger partial charge on any atom is 0.137 e. The lowest BCUT2D eigenvalue weighted by atomic mass is 9.67. The van der Waals surface area contributed by atoms with Crippen LogP contribution in [0.3, 0.4) is 0 Å². The third-order valence-electron chi connectivity index (χ3n) is 6.20. The van der Waals surface area contributed by atoms with Gasteiger partial charge >= 0.3 is 0 Å². The number of nitrogens with two attached hydrogens (primary N) is 1. The van der Waals surface area contributed by atoms with Gasteiger partial charge in [-0.1, -0.05) is 60.7 Å². The summed E-state index contributed by atoms with van der Waals surface area (Å²) in [5.41, 5.74) is 9.82. The number of aliphatic hydroxyl groups is 2. The van der Waals surface area contributed by atoms with Crippen molar-refractivity contribution >= 4 is 6.08 Å². The minimum atomic E-state index is -0.702. The predicted molar refractivity (Wildman–Crippen MR) is 124 cm³/mol. The highest BCUT2D eigenvalue weighted by Crippen LogP contribution is 2.43. The van der Waals surface area contributed by atoms with Crippen LogP contribution in [0.5, 0.6) is 0 Å². The molecule has 0 amide bonds. The molecule has 0 spiro atoms. The molecule has 1 saturated carbocycles. The summed E-state index contributed by atoms with van der Waals surface area (Å²) in [6.45, 7) is 1.57. The van der Waals surface area contributed by atoms with Gasteiger partial charge in [-0.05, 0) is 47.9 Å². The molecule has 164 valence electrons. The van der Waals surface area contributed by atoms with Crippen molar-refractivity contribution in [2.24, 2.45) is 5.73 Å². The Hall–Kier alpha value is -3.24. The van der Waals surface area contributed by atoms with Gasteiger partial charge in [-0.25, -0.2) is 4.98 Å². The summed E-state index contributed by atoms with van der Waals surface area (Å²) in [5.74, 6) is 0.893. The van der Waals surface area contributed by atoms with E-state index in [0.29, 0.717) is 11.7 Å². The zero-order chi connectivity index (χ0) is 22.7. The normalized spacial score (nSPS) is 22.3. The number of aromatic nitrogens is 2. The monoisotopic (exact) mass is 428 g/mol. The van der Waals surface area contributed by atoms with E-state index in [0.717, 1.165) is 29.5 Å². The molecule has 0 radical (unpaired) electrons. The van der Waals surface area contributed by atoms with Crippen molar-refractivity contribution in [2.75, 3.05) is 6.61 Å². The van der Waals surface area contributed by atoms with Crippen LogP contribution in [0.4, 0.5) is 0 Å². The van der Waals surface area contributed by atoms with E-state index in [1.807, 2.05) is 24.3 Å². The van der Waals surface area contributed by atoms with Crippen molar-refractivity contribution < 1.29 is 10.2 Å². The van der Waals surface area contributed by atoms with Crippen molar-refractivity contribution in [3.63, 3.8) is 0 Å². The second-order valence-corrected chi connectivity index (χ2v) is 8.59. The van der Waals surface area contributed by atoms with E-state index in [4.69, 9.17) is 11.0 Å². The zero-order valence-corrected chi connectivity index (χ0v) is 18.1. The molecular formula is C26H28N4O2.